The van der Waals surface area contributed by atoms with Gasteiger partial charge in [-0.2, -0.15) is 5.10 Å². The molecule has 4 aromatic rings. The lowest BCUT2D eigenvalue weighted by Gasteiger charge is -2.20. The van der Waals surface area contributed by atoms with Gasteiger partial charge in [-0.3, -0.25) is 9.58 Å². The minimum Gasteiger partial charge on any atom is -0.451 e. The molecule has 4 rings (SSSR count). The van der Waals surface area contributed by atoms with E-state index in [2.05, 4.69) is 38.3 Å². The van der Waals surface area contributed by atoms with Crippen LogP contribution >= 0.6 is 0 Å². The summed E-state index contributed by atoms with van der Waals surface area (Å²) >= 11 is 0. The molecule has 0 atom stereocenters. The SMILES string of the molecule is Cn1cc(CN(Cc2cocn2)Cc2cocn2)c(-c2ccccc2)n1. The molecular formula is C19H19N5O2. The number of benzene rings is 1. The molecule has 7 heteroatoms. The molecule has 0 amide bonds. The van der Waals surface area contributed by atoms with Crippen LogP contribution in [0.25, 0.3) is 11.3 Å². The highest BCUT2D eigenvalue weighted by atomic mass is 16.3. The average Bonchev–Trinajstić information content (AvgIpc) is 3.39. The fourth-order valence-electron chi connectivity index (χ4n) is 2.99. The number of hydrogen-bond donors (Lipinski definition) is 0. The van der Waals surface area contributed by atoms with E-state index in [9.17, 15) is 0 Å². The Labute approximate surface area is 150 Å². The Morgan fingerprint density at radius 1 is 0.923 bits per heavy atom. The van der Waals surface area contributed by atoms with Crippen LogP contribution in [0.15, 0.2) is 70.7 Å². The maximum Gasteiger partial charge on any atom is 0.180 e. The molecule has 7 nitrogen and oxygen atoms in total. The molecule has 1 aromatic carbocycles. The van der Waals surface area contributed by atoms with Crippen LogP contribution in [0, 0.1) is 0 Å². The molecule has 0 unspecified atom stereocenters. The summed E-state index contributed by atoms with van der Waals surface area (Å²) in [5, 5.41) is 4.65. The van der Waals surface area contributed by atoms with Gasteiger partial charge in [0.1, 0.15) is 12.5 Å². The maximum absolute atomic E-state index is 5.11. The zero-order valence-corrected chi connectivity index (χ0v) is 14.4. The summed E-state index contributed by atoms with van der Waals surface area (Å²) in [6.07, 6.45) is 8.28. The quantitative estimate of drug-likeness (QED) is 0.510. The monoisotopic (exact) mass is 349 g/mol. The molecule has 0 saturated carbocycles. The van der Waals surface area contributed by atoms with Crippen molar-refractivity contribution in [1.29, 1.82) is 0 Å². The molecule has 0 saturated heterocycles. The van der Waals surface area contributed by atoms with Gasteiger partial charge in [0.15, 0.2) is 12.8 Å². The third-order valence-corrected chi connectivity index (χ3v) is 4.08. The van der Waals surface area contributed by atoms with Gasteiger partial charge in [-0.1, -0.05) is 30.3 Å². The Morgan fingerprint density at radius 3 is 2.15 bits per heavy atom. The average molecular weight is 349 g/mol. The van der Waals surface area contributed by atoms with E-state index in [4.69, 9.17) is 8.83 Å². The fourth-order valence-corrected chi connectivity index (χ4v) is 2.99. The maximum atomic E-state index is 5.11. The third-order valence-electron chi connectivity index (χ3n) is 4.08. The van der Waals surface area contributed by atoms with Crippen molar-refractivity contribution < 1.29 is 8.83 Å². The first-order valence-electron chi connectivity index (χ1n) is 8.32. The third kappa shape index (κ3) is 3.73. The molecule has 0 aliphatic rings. The van der Waals surface area contributed by atoms with Crippen molar-refractivity contribution in [3.8, 4) is 11.3 Å². The van der Waals surface area contributed by atoms with Crippen LogP contribution in [-0.4, -0.2) is 24.6 Å². The van der Waals surface area contributed by atoms with E-state index in [0.29, 0.717) is 19.6 Å². The highest BCUT2D eigenvalue weighted by molar-refractivity contribution is 5.62. The highest BCUT2D eigenvalue weighted by Gasteiger charge is 2.16. The van der Waals surface area contributed by atoms with E-state index < -0.39 is 0 Å². The number of aromatic nitrogens is 4. The summed E-state index contributed by atoms with van der Waals surface area (Å²) < 4.78 is 12.1. The first-order chi connectivity index (χ1) is 12.8. The van der Waals surface area contributed by atoms with Gasteiger partial charge in [0.2, 0.25) is 0 Å². The second-order valence-electron chi connectivity index (χ2n) is 6.15. The van der Waals surface area contributed by atoms with Crippen LogP contribution in [-0.2, 0) is 26.7 Å². The Balaban J connectivity index is 1.61. The van der Waals surface area contributed by atoms with Crippen LogP contribution in [0.1, 0.15) is 17.0 Å². The zero-order valence-electron chi connectivity index (χ0n) is 14.4. The number of rotatable bonds is 7. The van der Waals surface area contributed by atoms with Crippen LogP contribution < -0.4 is 0 Å². The highest BCUT2D eigenvalue weighted by Crippen LogP contribution is 2.24. The second kappa shape index (κ2) is 7.37. The lowest BCUT2D eigenvalue weighted by Crippen LogP contribution is -2.23. The fraction of sp³-hybridized carbons (Fsp3) is 0.211. The molecule has 0 aliphatic carbocycles. The van der Waals surface area contributed by atoms with Gasteiger partial charge in [0.25, 0.3) is 0 Å². The van der Waals surface area contributed by atoms with Gasteiger partial charge in [-0.05, 0) is 0 Å². The predicted molar refractivity (Wildman–Crippen MR) is 94.6 cm³/mol. The molecule has 132 valence electrons. The molecule has 0 radical (unpaired) electrons. The van der Waals surface area contributed by atoms with Crippen molar-refractivity contribution in [3.05, 3.63) is 78.8 Å². The van der Waals surface area contributed by atoms with Crippen molar-refractivity contribution in [1.82, 2.24) is 24.6 Å². The predicted octanol–water partition coefficient (Wildman–Crippen LogP) is 3.27. The van der Waals surface area contributed by atoms with E-state index in [0.717, 1.165) is 28.2 Å². The molecule has 0 fully saturated rings. The molecule has 0 aliphatic heterocycles. The summed E-state index contributed by atoms with van der Waals surface area (Å²) in [4.78, 5) is 10.7. The largest absolute Gasteiger partial charge is 0.451 e. The van der Waals surface area contributed by atoms with Crippen molar-refractivity contribution in [2.45, 2.75) is 19.6 Å². The van der Waals surface area contributed by atoms with Crippen molar-refractivity contribution >= 4 is 0 Å². The second-order valence-corrected chi connectivity index (χ2v) is 6.15. The van der Waals surface area contributed by atoms with Gasteiger partial charge in [0.05, 0.1) is 17.1 Å². The minimum atomic E-state index is 0.645. The normalized spacial score (nSPS) is 11.3. The smallest absolute Gasteiger partial charge is 0.180 e. The summed E-state index contributed by atoms with van der Waals surface area (Å²) in [6, 6.07) is 10.2. The molecule has 3 aromatic heterocycles. The van der Waals surface area contributed by atoms with Crippen molar-refractivity contribution in [2.24, 2.45) is 7.05 Å². The Hall–Kier alpha value is -3.19. The molecule has 0 spiro atoms. The van der Waals surface area contributed by atoms with Crippen LogP contribution in [0.5, 0.6) is 0 Å². The summed E-state index contributed by atoms with van der Waals surface area (Å²) in [7, 11) is 1.94. The van der Waals surface area contributed by atoms with Crippen LogP contribution in [0.4, 0.5) is 0 Å². The van der Waals surface area contributed by atoms with Gasteiger partial charge >= 0.3 is 0 Å². The molecule has 26 heavy (non-hydrogen) atoms. The molecule has 0 bridgehead atoms. The summed E-state index contributed by atoms with van der Waals surface area (Å²) in [5.41, 5.74) is 4.98. The van der Waals surface area contributed by atoms with E-state index in [-0.39, 0.29) is 0 Å². The number of hydrogen-bond acceptors (Lipinski definition) is 6. The topological polar surface area (TPSA) is 73.1 Å². The lowest BCUT2D eigenvalue weighted by molar-refractivity contribution is 0.241. The van der Waals surface area contributed by atoms with Gasteiger partial charge in [-0.25, -0.2) is 9.97 Å². The Morgan fingerprint density at radius 2 is 1.58 bits per heavy atom. The molecule has 3 heterocycles. The first kappa shape index (κ1) is 16.3. The number of nitrogens with zero attached hydrogens (tertiary/aromatic N) is 5. The van der Waals surface area contributed by atoms with E-state index in [1.165, 1.54) is 12.8 Å². The van der Waals surface area contributed by atoms with Crippen molar-refractivity contribution in [3.63, 3.8) is 0 Å². The van der Waals surface area contributed by atoms with E-state index in [1.54, 1.807) is 12.5 Å². The molecule has 0 N–H and O–H groups in total. The molecular weight excluding hydrogens is 330 g/mol. The first-order valence-corrected chi connectivity index (χ1v) is 8.32. The van der Waals surface area contributed by atoms with Gasteiger partial charge in [-0.15, -0.1) is 0 Å². The van der Waals surface area contributed by atoms with Gasteiger partial charge < -0.3 is 8.83 Å². The number of oxazole rings is 2. The van der Waals surface area contributed by atoms with Crippen molar-refractivity contribution in [2.75, 3.05) is 0 Å². The Bertz CT molecular complexity index is 894. The summed E-state index contributed by atoms with van der Waals surface area (Å²) in [6.45, 7) is 2.00. The van der Waals surface area contributed by atoms with E-state index in [1.807, 2.05) is 29.9 Å². The standard InChI is InChI=1S/C19H19N5O2/c1-23-7-16(19(22-23)15-5-3-2-4-6-15)8-24(9-17-11-25-13-20-17)10-18-12-26-14-21-18/h2-7,11-14H,8-10H2,1H3. The lowest BCUT2D eigenvalue weighted by atomic mass is 10.1. The Kier molecular flexibility index (Phi) is 4.61. The summed E-state index contributed by atoms with van der Waals surface area (Å²) in [5.74, 6) is 0. The number of aryl methyl sites for hydroxylation is 1. The zero-order chi connectivity index (χ0) is 17.8. The van der Waals surface area contributed by atoms with E-state index >= 15 is 0 Å². The van der Waals surface area contributed by atoms with Crippen LogP contribution in [0.2, 0.25) is 0 Å². The minimum absolute atomic E-state index is 0.645. The van der Waals surface area contributed by atoms with Gasteiger partial charge in [0, 0.05) is 44.0 Å². The van der Waals surface area contributed by atoms with Crippen LogP contribution in [0.3, 0.4) is 0 Å².